The van der Waals surface area contributed by atoms with Crippen molar-refractivity contribution in [3.8, 4) is 0 Å². The molecule has 0 aromatic carbocycles. The summed E-state index contributed by atoms with van der Waals surface area (Å²) in [6.07, 6.45) is 46.0. The van der Waals surface area contributed by atoms with Gasteiger partial charge in [-0.2, -0.15) is 0 Å². The van der Waals surface area contributed by atoms with Crippen molar-refractivity contribution in [1.82, 2.24) is 5.32 Å². The molecule has 0 spiro atoms. The molecule has 3 atom stereocenters. The van der Waals surface area contributed by atoms with E-state index in [4.69, 9.17) is 4.74 Å². The van der Waals surface area contributed by atoms with Gasteiger partial charge in [0.2, 0.25) is 5.91 Å². The summed E-state index contributed by atoms with van der Waals surface area (Å²) in [6.45, 7) is 6.48. The molecular weight excluding hydrogens is 683 g/mol. The minimum absolute atomic E-state index is 0.0868. The Morgan fingerprint density at radius 2 is 0.764 bits per heavy atom. The summed E-state index contributed by atoms with van der Waals surface area (Å²) >= 11 is 0. The molecular formula is C49H97NO5. The maximum absolute atomic E-state index is 13.1. The molecule has 3 unspecified atom stereocenters. The summed E-state index contributed by atoms with van der Waals surface area (Å²) in [5, 5.41) is 23.6. The molecule has 0 saturated heterocycles. The van der Waals surface area contributed by atoms with Gasteiger partial charge in [-0.25, -0.2) is 0 Å². The minimum atomic E-state index is -0.777. The van der Waals surface area contributed by atoms with Crippen molar-refractivity contribution in [2.75, 3.05) is 6.61 Å². The molecule has 55 heavy (non-hydrogen) atoms. The van der Waals surface area contributed by atoms with Crippen LogP contribution in [-0.2, 0) is 14.3 Å². The van der Waals surface area contributed by atoms with E-state index in [0.29, 0.717) is 19.3 Å². The smallest absolute Gasteiger partial charge is 0.306 e. The Kier molecular flexibility index (Phi) is 43.1. The number of unbranched alkanes of at least 4 members (excludes halogenated alkanes) is 33. The van der Waals surface area contributed by atoms with Gasteiger partial charge < -0.3 is 20.3 Å². The lowest BCUT2D eigenvalue weighted by molar-refractivity contribution is -0.151. The largest absolute Gasteiger partial charge is 0.462 e. The highest BCUT2D eigenvalue weighted by Gasteiger charge is 2.24. The van der Waals surface area contributed by atoms with Crippen molar-refractivity contribution in [2.45, 2.75) is 296 Å². The van der Waals surface area contributed by atoms with E-state index in [9.17, 15) is 19.8 Å². The van der Waals surface area contributed by atoms with E-state index in [2.05, 4.69) is 26.1 Å². The minimum Gasteiger partial charge on any atom is -0.462 e. The Hall–Kier alpha value is -1.14. The second kappa shape index (κ2) is 44.0. The van der Waals surface area contributed by atoms with Gasteiger partial charge in [0.25, 0.3) is 0 Å². The Balaban J connectivity index is 4.42. The van der Waals surface area contributed by atoms with Crippen molar-refractivity contribution in [2.24, 2.45) is 0 Å². The summed E-state index contributed by atoms with van der Waals surface area (Å²) in [6, 6.07) is -0.690. The molecule has 0 saturated carbocycles. The predicted octanol–water partition coefficient (Wildman–Crippen LogP) is 14.4. The monoisotopic (exact) mass is 780 g/mol. The molecule has 0 aliphatic heterocycles. The second-order valence-electron chi connectivity index (χ2n) is 17.2. The van der Waals surface area contributed by atoms with Crippen molar-refractivity contribution in [3.05, 3.63) is 0 Å². The van der Waals surface area contributed by atoms with Gasteiger partial charge in [-0.3, -0.25) is 9.59 Å². The van der Waals surface area contributed by atoms with Crippen LogP contribution in [0.25, 0.3) is 0 Å². The molecule has 328 valence electrons. The van der Waals surface area contributed by atoms with Crippen LogP contribution in [0.5, 0.6) is 0 Å². The van der Waals surface area contributed by atoms with Crippen LogP contribution in [-0.4, -0.2) is 46.9 Å². The summed E-state index contributed by atoms with van der Waals surface area (Å²) in [5.41, 5.74) is 0. The Morgan fingerprint density at radius 1 is 0.455 bits per heavy atom. The average molecular weight is 780 g/mol. The lowest BCUT2D eigenvalue weighted by atomic mass is 10.0. The zero-order valence-electron chi connectivity index (χ0n) is 37.3. The van der Waals surface area contributed by atoms with Crippen LogP contribution in [0.2, 0.25) is 0 Å². The number of esters is 1. The van der Waals surface area contributed by atoms with Gasteiger partial charge in [0, 0.05) is 6.42 Å². The maximum Gasteiger partial charge on any atom is 0.306 e. The van der Waals surface area contributed by atoms with Crippen LogP contribution < -0.4 is 5.32 Å². The first kappa shape index (κ1) is 53.9. The molecule has 0 aliphatic carbocycles. The lowest BCUT2D eigenvalue weighted by Gasteiger charge is -2.24. The topological polar surface area (TPSA) is 95.9 Å². The van der Waals surface area contributed by atoms with Crippen molar-refractivity contribution in [3.63, 3.8) is 0 Å². The molecule has 1 amide bonds. The number of rotatable bonds is 45. The van der Waals surface area contributed by atoms with Crippen LogP contribution >= 0.6 is 0 Å². The van der Waals surface area contributed by atoms with Gasteiger partial charge in [0.05, 0.1) is 25.2 Å². The molecule has 0 aromatic heterocycles. The third-order valence-electron chi connectivity index (χ3n) is 11.7. The average Bonchev–Trinajstić information content (AvgIpc) is 3.18. The molecule has 3 N–H and O–H groups in total. The van der Waals surface area contributed by atoms with Crippen molar-refractivity contribution in [1.29, 1.82) is 0 Å². The number of aliphatic hydroxyl groups is 2. The third-order valence-corrected chi connectivity index (χ3v) is 11.7. The van der Waals surface area contributed by atoms with Crippen LogP contribution in [0.1, 0.15) is 278 Å². The molecule has 0 bridgehead atoms. The number of carbonyl (C=O) groups is 2. The Labute approximate surface area is 343 Å². The maximum atomic E-state index is 13.1. The predicted molar refractivity (Wildman–Crippen MR) is 237 cm³/mol. The van der Waals surface area contributed by atoms with Crippen molar-refractivity contribution >= 4 is 11.9 Å². The number of aliphatic hydroxyl groups excluding tert-OH is 2. The summed E-state index contributed by atoms with van der Waals surface area (Å²) < 4.78 is 5.92. The Bertz CT molecular complexity index is 791. The summed E-state index contributed by atoms with van der Waals surface area (Å²) in [4.78, 5) is 26.0. The first-order valence-corrected chi connectivity index (χ1v) is 24.8. The van der Waals surface area contributed by atoms with Gasteiger partial charge in [0.1, 0.15) is 6.10 Å². The van der Waals surface area contributed by atoms with Gasteiger partial charge in [0.15, 0.2) is 0 Å². The SMILES string of the molecule is CCCCCCCCCCCCCCCCCCCC(=O)OC(CCCCCCCCCCCC)CC(=O)NC(CO)C(O)CCCCCCCCCCC. The Morgan fingerprint density at radius 3 is 1.11 bits per heavy atom. The third kappa shape index (κ3) is 39.5. The first-order valence-electron chi connectivity index (χ1n) is 24.8. The van der Waals surface area contributed by atoms with Crippen LogP contribution in [0.15, 0.2) is 0 Å². The second-order valence-corrected chi connectivity index (χ2v) is 17.2. The molecule has 6 heteroatoms. The molecule has 0 fully saturated rings. The zero-order chi connectivity index (χ0) is 40.3. The van der Waals surface area contributed by atoms with Gasteiger partial charge >= 0.3 is 5.97 Å². The quantitative estimate of drug-likeness (QED) is 0.0422. The van der Waals surface area contributed by atoms with Crippen LogP contribution in [0.3, 0.4) is 0 Å². The summed E-state index contributed by atoms with van der Waals surface area (Å²) in [5.74, 6) is -0.456. The number of hydrogen-bond acceptors (Lipinski definition) is 5. The van der Waals surface area contributed by atoms with Crippen molar-refractivity contribution < 1.29 is 24.5 Å². The van der Waals surface area contributed by atoms with E-state index < -0.39 is 18.2 Å². The number of carbonyl (C=O) groups excluding carboxylic acids is 2. The number of hydrogen-bond donors (Lipinski definition) is 3. The highest BCUT2D eigenvalue weighted by molar-refractivity contribution is 5.77. The normalized spacial score (nSPS) is 13.2. The van der Waals surface area contributed by atoms with Crippen LogP contribution in [0.4, 0.5) is 0 Å². The van der Waals surface area contributed by atoms with E-state index in [1.807, 2.05) is 0 Å². The van der Waals surface area contributed by atoms with Gasteiger partial charge in [-0.15, -0.1) is 0 Å². The molecule has 0 aliphatic rings. The molecule has 0 aromatic rings. The first-order chi connectivity index (χ1) is 27.0. The molecule has 0 rings (SSSR count). The van der Waals surface area contributed by atoms with E-state index in [1.165, 1.54) is 193 Å². The zero-order valence-corrected chi connectivity index (χ0v) is 37.3. The fourth-order valence-corrected chi connectivity index (χ4v) is 7.90. The molecule has 0 radical (unpaired) electrons. The van der Waals surface area contributed by atoms with E-state index >= 15 is 0 Å². The molecule has 6 nitrogen and oxygen atoms in total. The van der Waals surface area contributed by atoms with Gasteiger partial charge in [-0.1, -0.05) is 239 Å². The van der Waals surface area contributed by atoms with Gasteiger partial charge in [-0.05, 0) is 25.7 Å². The highest BCUT2D eigenvalue weighted by atomic mass is 16.5. The fraction of sp³-hybridized carbons (Fsp3) is 0.959. The van der Waals surface area contributed by atoms with E-state index in [0.717, 1.165) is 38.5 Å². The number of ether oxygens (including phenoxy) is 1. The summed E-state index contributed by atoms with van der Waals surface area (Å²) in [7, 11) is 0. The van der Waals surface area contributed by atoms with Crippen LogP contribution in [0, 0.1) is 0 Å². The highest BCUT2D eigenvalue weighted by Crippen LogP contribution is 2.18. The molecule has 0 heterocycles. The standard InChI is InChI=1S/C49H97NO5/c1-4-7-10-13-16-19-21-22-23-24-25-26-27-30-33-36-39-42-49(54)55-45(40-37-34-31-29-20-17-14-11-8-5-2)43-48(53)50-46(44-51)47(52)41-38-35-32-28-18-15-12-9-6-3/h45-47,51-52H,4-44H2,1-3H3,(H,50,53). The van der Waals surface area contributed by atoms with E-state index in [-0.39, 0.29) is 24.9 Å². The number of nitrogens with one attached hydrogen (secondary N) is 1. The lowest BCUT2D eigenvalue weighted by Crippen LogP contribution is -2.46. The van der Waals surface area contributed by atoms with E-state index in [1.54, 1.807) is 0 Å². The fourth-order valence-electron chi connectivity index (χ4n) is 7.90. The number of amides is 1.